The molecule has 1 aliphatic carbocycles. The van der Waals surface area contributed by atoms with Crippen LogP contribution in [0, 0.1) is 5.41 Å². The van der Waals surface area contributed by atoms with E-state index in [2.05, 4.69) is 6.07 Å². The minimum absolute atomic E-state index is 0.380. The van der Waals surface area contributed by atoms with Crippen molar-refractivity contribution in [2.45, 2.75) is 19.3 Å². The standard InChI is InChI=1S/C11H14ClN/c12-10-4-2-1-3-9(10)7-11(8-13)5-6-11/h1-4H,5-8,13H2. The van der Waals surface area contributed by atoms with Crippen molar-refractivity contribution in [1.82, 2.24) is 0 Å². The van der Waals surface area contributed by atoms with E-state index in [1.165, 1.54) is 18.4 Å². The monoisotopic (exact) mass is 195 g/mol. The highest BCUT2D eigenvalue weighted by molar-refractivity contribution is 6.31. The fraction of sp³-hybridized carbons (Fsp3) is 0.455. The van der Waals surface area contributed by atoms with E-state index < -0.39 is 0 Å². The zero-order valence-corrected chi connectivity index (χ0v) is 8.35. The minimum atomic E-state index is 0.380. The summed E-state index contributed by atoms with van der Waals surface area (Å²) in [6, 6.07) is 8.04. The third kappa shape index (κ3) is 1.87. The molecular weight excluding hydrogens is 182 g/mol. The van der Waals surface area contributed by atoms with Crippen molar-refractivity contribution in [2.75, 3.05) is 6.54 Å². The Morgan fingerprint density at radius 1 is 1.31 bits per heavy atom. The second-order valence-corrected chi connectivity index (χ2v) is 4.38. The van der Waals surface area contributed by atoms with Crippen molar-refractivity contribution in [3.8, 4) is 0 Å². The van der Waals surface area contributed by atoms with Gasteiger partial charge in [0.2, 0.25) is 0 Å². The van der Waals surface area contributed by atoms with E-state index in [1.54, 1.807) is 0 Å². The Morgan fingerprint density at radius 3 is 2.54 bits per heavy atom. The Hall–Kier alpha value is -0.530. The van der Waals surface area contributed by atoms with Crippen molar-refractivity contribution in [3.63, 3.8) is 0 Å². The fourth-order valence-corrected chi connectivity index (χ4v) is 1.88. The van der Waals surface area contributed by atoms with E-state index in [9.17, 15) is 0 Å². The van der Waals surface area contributed by atoms with Crippen molar-refractivity contribution < 1.29 is 0 Å². The van der Waals surface area contributed by atoms with E-state index >= 15 is 0 Å². The molecule has 0 heterocycles. The zero-order valence-electron chi connectivity index (χ0n) is 7.59. The van der Waals surface area contributed by atoms with Crippen LogP contribution in [0.4, 0.5) is 0 Å². The summed E-state index contributed by atoms with van der Waals surface area (Å²) in [4.78, 5) is 0. The summed E-state index contributed by atoms with van der Waals surface area (Å²) >= 11 is 6.07. The van der Waals surface area contributed by atoms with Gasteiger partial charge in [-0.2, -0.15) is 0 Å². The molecule has 0 atom stereocenters. The van der Waals surface area contributed by atoms with Gasteiger partial charge in [-0.3, -0.25) is 0 Å². The fourth-order valence-electron chi connectivity index (χ4n) is 1.68. The Morgan fingerprint density at radius 2 is 2.00 bits per heavy atom. The predicted octanol–water partition coefficient (Wildman–Crippen LogP) is 2.62. The normalized spacial score (nSPS) is 18.6. The van der Waals surface area contributed by atoms with Crippen molar-refractivity contribution in [2.24, 2.45) is 11.1 Å². The molecule has 70 valence electrons. The molecule has 1 aliphatic rings. The molecule has 0 spiro atoms. The quantitative estimate of drug-likeness (QED) is 0.789. The first-order valence-corrected chi connectivity index (χ1v) is 5.07. The summed E-state index contributed by atoms with van der Waals surface area (Å²) in [5.74, 6) is 0. The molecule has 0 radical (unpaired) electrons. The molecule has 2 rings (SSSR count). The molecule has 2 N–H and O–H groups in total. The summed E-state index contributed by atoms with van der Waals surface area (Å²) < 4.78 is 0. The molecule has 0 aliphatic heterocycles. The van der Waals surface area contributed by atoms with Gasteiger partial charge in [0.1, 0.15) is 0 Å². The largest absolute Gasteiger partial charge is 0.330 e. The van der Waals surface area contributed by atoms with Gasteiger partial charge < -0.3 is 5.73 Å². The van der Waals surface area contributed by atoms with E-state index in [4.69, 9.17) is 17.3 Å². The van der Waals surface area contributed by atoms with Gasteiger partial charge in [-0.05, 0) is 42.9 Å². The highest BCUT2D eigenvalue weighted by Gasteiger charge is 2.41. The van der Waals surface area contributed by atoms with Crippen LogP contribution < -0.4 is 5.73 Å². The minimum Gasteiger partial charge on any atom is -0.330 e. The molecule has 0 amide bonds. The van der Waals surface area contributed by atoms with Crippen LogP contribution in [0.3, 0.4) is 0 Å². The first-order valence-electron chi connectivity index (χ1n) is 4.69. The molecule has 1 nitrogen and oxygen atoms in total. The first-order chi connectivity index (χ1) is 6.26. The SMILES string of the molecule is NCC1(Cc2ccccc2Cl)CC1. The molecule has 0 bridgehead atoms. The Bertz CT molecular complexity index is 305. The van der Waals surface area contributed by atoms with Crippen molar-refractivity contribution >= 4 is 11.6 Å². The van der Waals surface area contributed by atoms with Crippen LogP contribution >= 0.6 is 11.6 Å². The summed E-state index contributed by atoms with van der Waals surface area (Å²) in [6.45, 7) is 0.790. The molecule has 2 heteroatoms. The molecule has 0 saturated heterocycles. The number of halogens is 1. The van der Waals surface area contributed by atoms with Crippen LogP contribution in [0.5, 0.6) is 0 Å². The predicted molar refractivity (Wildman–Crippen MR) is 55.9 cm³/mol. The summed E-state index contributed by atoms with van der Waals surface area (Å²) in [5, 5.41) is 0.877. The van der Waals surface area contributed by atoms with Crippen LogP contribution in [-0.4, -0.2) is 6.54 Å². The number of nitrogens with two attached hydrogens (primary N) is 1. The maximum atomic E-state index is 6.07. The molecule has 1 saturated carbocycles. The lowest BCUT2D eigenvalue weighted by Crippen LogP contribution is -2.17. The lowest BCUT2D eigenvalue weighted by Gasteiger charge is -2.12. The highest BCUT2D eigenvalue weighted by atomic mass is 35.5. The van der Waals surface area contributed by atoms with Gasteiger partial charge in [-0.1, -0.05) is 29.8 Å². The Kier molecular flexibility index (Phi) is 2.31. The van der Waals surface area contributed by atoms with Crippen LogP contribution in [0.25, 0.3) is 0 Å². The maximum absolute atomic E-state index is 6.07. The number of rotatable bonds is 3. The topological polar surface area (TPSA) is 26.0 Å². The molecule has 13 heavy (non-hydrogen) atoms. The maximum Gasteiger partial charge on any atom is 0.0438 e. The molecule has 1 fully saturated rings. The van der Waals surface area contributed by atoms with Gasteiger partial charge >= 0.3 is 0 Å². The smallest absolute Gasteiger partial charge is 0.0438 e. The van der Waals surface area contributed by atoms with E-state index in [0.717, 1.165) is 18.0 Å². The van der Waals surface area contributed by atoms with Crippen molar-refractivity contribution in [1.29, 1.82) is 0 Å². The average molecular weight is 196 g/mol. The van der Waals surface area contributed by atoms with Gasteiger partial charge in [0.25, 0.3) is 0 Å². The lowest BCUT2D eigenvalue weighted by molar-refractivity contribution is 0.521. The van der Waals surface area contributed by atoms with E-state index in [1.807, 2.05) is 18.2 Å². The second kappa shape index (κ2) is 3.32. The van der Waals surface area contributed by atoms with Crippen LogP contribution in [0.2, 0.25) is 5.02 Å². The molecule has 1 aromatic rings. The van der Waals surface area contributed by atoms with E-state index in [-0.39, 0.29) is 0 Å². The highest BCUT2D eigenvalue weighted by Crippen LogP contribution is 2.47. The third-order valence-electron chi connectivity index (χ3n) is 2.91. The summed E-state index contributed by atoms with van der Waals surface area (Å²) in [6.07, 6.45) is 3.56. The number of hydrogen-bond acceptors (Lipinski definition) is 1. The van der Waals surface area contributed by atoms with E-state index in [0.29, 0.717) is 5.41 Å². The van der Waals surface area contributed by atoms with Gasteiger partial charge in [-0.15, -0.1) is 0 Å². The molecule has 0 unspecified atom stereocenters. The van der Waals surface area contributed by atoms with Gasteiger partial charge in [-0.25, -0.2) is 0 Å². The number of hydrogen-bond donors (Lipinski definition) is 1. The van der Waals surface area contributed by atoms with Crippen LogP contribution in [-0.2, 0) is 6.42 Å². The third-order valence-corrected chi connectivity index (χ3v) is 3.28. The second-order valence-electron chi connectivity index (χ2n) is 3.97. The molecule has 0 aromatic heterocycles. The Balaban J connectivity index is 2.14. The van der Waals surface area contributed by atoms with Gasteiger partial charge in [0.05, 0.1) is 0 Å². The first kappa shape index (κ1) is 9.04. The average Bonchev–Trinajstić information content (AvgIpc) is 2.90. The Labute approximate surface area is 83.9 Å². The number of benzene rings is 1. The van der Waals surface area contributed by atoms with Crippen molar-refractivity contribution in [3.05, 3.63) is 34.9 Å². The molecular formula is C11H14ClN. The molecule has 1 aromatic carbocycles. The van der Waals surface area contributed by atoms with Crippen LogP contribution in [0.1, 0.15) is 18.4 Å². The van der Waals surface area contributed by atoms with Crippen LogP contribution in [0.15, 0.2) is 24.3 Å². The van der Waals surface area contributed by atoms with Gasteiger partial charge in [0, 0.05) is 5.02 Å². The zero-order chi connectivity index (χ0) is 9.31. The van der Waals surface area contributed by atoms with Gasteiger partial charge in [0.15, 0.2) is 0 Å². The lowest BCUT2D eigenvalue weighted by atomic mass is 9.97. The summed E-state index contributed by atoms with van der Waals surface area (Å²) in [5.41, 5.74) is 7.35. The summed E-state index contributed by atoms with van der Waals surface area (Å²) in [7, 11) is 0.